The first-order valence-electron chi connectivity index (χ1n) is 17.0. The molecule has 0 aromatic carbocycles. The maximum atomic E-state index is 10.4. The molecule has 0 aromatic rings. The minimum absolute atomic E-state index is 0.236. The van der Waals surface area contributed by atoms with Gasteiger partial charge in [0.25, 0.3) is 0 Å². The van der Waals surface area contributed by atoms with Crippen LogP contribution in [0.1, 0.15) is 212 Å². The molecule has 0 saturated carbocycles. The van der Waals surface area contributed by atoms with Gasteiger partial charge in [-0.05, 0) is 12.8 Å². The minimum Gasteiger partial charge on any atom is -0.550 e. The van der Waals surface area contributed by atoms with Crippen LogP contribution in [-0.2, 0) is 4.79 Å². The summed E-state index contributed by atoms with van der Waals surface area (Å²) < 4.78 is 0. The third kappa shape index (κ3) is 33.5. The number of carbonyl (C=O) groups is 1. The van der Waals surface area contributed by atoms with Crippen LogP contribution in [0, 0.1) is 0 Å². The second-order valence-electron chi connectivity index (χ2n) is 11.7. The Hall–Kier alpha value is -0.530. The molecule has 0 spiro atoms. The number of aliphatic carboxylic acids is 1. The van der Waals surface area contributed by atoms with E-state index in [4.69, 9.17) is 0 Å². The van der Waals surface area contributed by atoms with Crippen LogP contribution in [0.4, 0.5) is 0 Å². The fraction of sp³-hybridized carbons (Fsp3) is 0.971. The number of hydrogen-bond donors (Lipinski definition) is 0. The molecule has 0 bridgehead atoms. The van der Waals surface area contributed by atoms with Gasteiger partial charge in [-0.25, -0.2) is 0 Å². The van der Waals surface area contributed by atoms with E-state index in [2.05, 4.69) is 6.92 Å². The molecule has 0 fully saturated rings. The summed E-state index contributed by atoms with van der Waals surface area (Å²) >= 11 is 0. The summed E-state index contributed by atoms with van der Waals surface area (Å²) in [7, 11) is 0. The molecule has 0 aliphatic rings. The van der Waals surface area contributed by atoms with Gasteiger partial charge in [0.05, 0.1) is 0 Å². The Morgan fingerprint density at radius 3 is 0.667 bits per heavy atom. The monoisotopic (exact) mass is 508 g/mol. The topological polar surface area (TPSA) is 40.1 Å². The maximum Gasteiger partial charge on any atom is 0.0414 e. The molecule has 0 aliphatic heterocycles. The zero-order chi connectivity index (χ0) is 26.2. The van der Waals surface area contributed by atoms with Crippen molar-refractivity contribution in [2.75, 3.05) is 0 Å². The standard InChI is InChI=1S/C34H68O2/c1-2-3-4-5-6-7-8-9-10-11-12-13-14-15-16-17-18-19-20-21-22-23-24-25-26-27-28-29-30-31-32-33-34(35)36/h2-33H2,1H3,(H,35,36)/p-1. The third-order valence-electron chi connectivity index (χ3n) is 7.98. The van der Waals surface area contributed by atoms with Crippen molar-refractivity contribution in [3.63, 3.8) is 0 Å². The fourth-order valence-corrected chi connectivity index (χ4v) is 5.47. The quantitative estimate of drug-likeness (QED) is 0.0849. The molecule has 2 nitrogen and oxygen atoms in total. The summed E-state index contributed by atoms with van der Waals surface area (Å²) in [4.78, 5) is 10.4. The Balaban J connectivity index is 3.02. The second-order valence-corrected chi connectivity index (χ2v) is 11.7. The van der Waals surface area contributed by atoms with E-state index in [1.807, 2.05) is 0 Å². The Kier molecular flexibility index (Phi) is 32.0. The van der Waals surface area contributed by atoms with Crippen molar-refractivity contribution in [1.82, 2.24) is 0 Å². The molecule has 36 heavy (non-hydrogen) atoms. The minimum atomic E-state index is -0.898. The van der Waals surface area contributed by atoms with Crippen LogP contribution in [0.15, 0.2) is 0 Å². The molecule has 0 heterocycles. The summed E-state index contributed by atoms with van der Waals surface area (Å²) in [5, 5.41) is 10.4. The molecule has 0 amide bonds. The Labute approximate surface area is 228 Å². The lowest BCUT2D eigenvalue weighted by Gasteiger charge is -2.05. The molecular weight excluding hydrogens is 440 g/mol. The van der Waals surface area contributed by atoms with Crippen LogP contribution in [0.5, 0.6) is 0 Å². The van der Waals surface area contributed by atoms with Crippen molar-refractivity contribution >= 4 is 5.97 Å². The van der Waals surface area contributed by atoms with Crippen LogP contribution in [0.3, 0.4) is 0 Å². The predicted molar refractivity (Wildman–Crippen MR) is 158 cm³/mol. The van der Waals surface area contributed by atoms with Crippen LogP contribution in [-0.4, -0.2) is 5.97 Å². The zero-order valence-electron chi connectivity index (χ0n) is 24.9. The number of carbonyl (C=O) groups excluding carboxylic acids is 1. The van der Waals surface area contributed by atoms with Gasteiger partial charge in [-0.1, -0.05) is 200 Å². The van der Waals surface area contributed by atoms with Crippen LogP contribution < -0.4 is 5.11 Å². The van der Waals surface area contributed by atoms with Gasteiger partial charge in [0.2, 0.25) is 0 Å². The normalized spacial score (nSPS) is 11.4. The summed E-state index contributed by atoms with van der Waals surface area (Å²) in [5.41, 5.74) is 0. The molecule has 0 rings (SSSR count). The average molecular weight is 508 g/mol. The maximum absolute atomic E-state index is 10.4. The molecule has 0 saturated heterocycles. The van der Waals surface area contributed by atoms with Crippen molar-refractivity contribution in [3.8, 4) is 0 Å². The lowest BCUT2D eigenvalue weighted by Crippen LogP contribution is -2.21. The fourth-order valence-electron chi connectivity index (χ4n) is 5.47. The van der Waals surface area contributed by atoms with Crippen molar-refractivity contribution in [3.05, 3.63) is 0 Å². The summed E-state index contributed by atoms with van der Waals surface area (Å²) in [5.74, 6) is -0.898. The Morgan fingerprint density at radius 1 is 0.333 bits per heavy atom. The lowest BCUT2D eigenvalue weighted by atomic mass is 10.0. The van der Waals surface area contributed by atoms with Crippen molar-refractivity contribution in [1.29, 1.82) is 0 Å². The van der Waals surface area contributed by atoms with Crippen molar-refractivity contribution in [2.45, 2.75) is 212 Å². The van der Waals surface area contributed by atoms with E-state index in [0.717, 1.165) is 12.8 Å². The highest BCUT2D eigenvalue weighted by Gasteiger charge is 1.97. The smallest absolute Gasteiger partial charge is 0.0414 e. The number of unbranched alkanes of at least 4 members (excludes halogenated alkanes) is 30. The van der Waals surface area contributed by atoms with Crippen molar-refractivity contribution in [2.24, 2.45) is 0 Å². The van der Waals surface area contributed by atoms with E-state index in [1.165, 1.54) is 186 Å². The van der Waals surface area contributed by atoms with Gasteiger partial charge in [-0.15, -0.1) is 0 Å². The number of carboxylic acids is 1. The van der Waals surface area contributed by atoms with Crippen LogP contribution >= 0.6 is 0 Å². The van der Waals surface area contributed by atoms with Crippen LogP contribution in [0.25, 0.3) is 0 Å². The van der Waals surface area contributed by atoms with Gasteiger partial charge in [0.15, 0.2) is 0 Å². The molecule has 0 unspecified atom stereocenters. The van der Waals surface area contributed by atoms with Gasteiger partial charge < -0.3 is 9.90 Å². The largest absolute Gasteiger partial charge is 0.550 e. The first-order valence-corrected chi connectivity index (χ1v) is 17.0. The van der Waals surface area contributed by atoms with E-state index in [1.54, 1.807) is 0 Å². The number of hydrogen-bond acceptors (Lipinski definition) is 2. The second kappa shape index (κ2) is 32.5. The first-order chi connectivity index (χ1) is 17.8. The van der Waals surface area contributed by atoms with Crippen LogP contribution in [0.2, 0.25) is 0 Å². The van der Waals surface area contributed by atoms with E-state index < -0.39 is 5.97 Å². The van der Waals surface area contributed by atoms with E-state index in [9.17, 15) is 9.90 Å². The summed E-state index contributed by atoms with van der Waals surface area (Å²) in [6.45, 7) is 2.30. The molecule has 216 valence electrons. The molecule has 0 atom stereocenters. The van der Waals surface area contributed by atoms with Gasteiger partial charge in [-0.3, -0.25) is 0 Å². The summed E-state index contributed by atoms with van der Waals surface area (Å²) in [6, 6.07) is 0. The van der Waals surface area contributed by atoms with Gasteiger partial charge in [-0.2, -0.15) is 0 Å². The Morgan fingerprint density at radius 2 is 0.500 bits per heavy atom. The molecular formula is C34H67O2-. The van der Waals surface area contributed by atoms with Gasteiger partial charge in [0.1, 0.15) is 0 Å². The van der Waals surface area contributed by atoms with E-state index in [-0.39, 0.29) is 6.42 Å². The highest BCUT2D eigenvalue weighted by atomic mass is 16.4. The third-order valence-corrected chi connectivity index (χ3v) is 7.98. The highest BCUT2D eigenvalue weighted by Crippen LogP contribution is 2.16. The van der Waals surface area contributed by atoms with Crippen molar-refractivity contribution < 1.29 is 9.90 Å². The molecule has 2 heteroatoms. The number of rotatable bonds is 32. The first kappa shape index (κ1) is 35.5. The molecule has 0 N–H and O–H groups in total. The molecule has 0 radical (unpaired) electrons. The predicted octanol–water partition coefficient (Wildman–Crippen LogP) is 11.2. The van der Waals surface area contributed by atoms with Gasteiger partial charge >= 0.3 is 0 Å². The van der Waals surface area contributed by atoms with E-state index >= 15 is 0 Å². The Bertz CT molecular complexity index is 406. The molecule has 0 aliphatic carbocycles. The highest BCUT2D eigenvalue weighted by molar-refractivity contribution is 5.64. The van der Waals surface area contributed by atoms with Gasteiger partial charge in [0, 0.05) is 5.97 Å². The number of carboxylic acid groups (broad SMARTS) is 1. The summed E-state index contributed by atoms with van der Waals surface area (Å²) in [6.07, 6.45) is 43.6. The zero-order valence-corrected chi connectivity index (χ0v) is 24.9. The molecule has 0 aromatic heterocycles. The average Bonchev–Trinajstić information content (AvgIpc) is 2.87. The lowest BCUT2D eigenvalue weighted by molar-refractivity contribution is -0.305. The SMILES string of the molecule is CCCCCCCCCCCCCCCCCCCCCCCCCCCCCCCCCC(=O)[O-]. The van der Waals surface area contributed by atoms with E-state index in [0.29, 0.717) is 0 Å².